The van der Waals surface area contributed by atoms with Crippen molar-refractivity contribution in [3.8, 4) is 22.5 Å². The molecule has 0 aliphatic carbocycles. The summed E-state index contributed by atoms with van der Waals surface area (Å²) in [4.78, 5) is 36.4. The minimum absolute atomic E-state index is 0.221. The SMILES string of the molecule is Cc1ccnc(NC(=O)Nc2ccc(-c3ccc(-c4ncc(C)[nH]4)c4c3CNC4=O)c(F)c2)c1. The number of carbonyl (C=O) groups excluding carboxylic acids is 2. The van der Waals surface area contributed by atoms with Crippen molar-refractivity contribution in [2.24, 2.45) is 0 Å². The number of hydrogen-bond donors (Lipinski definition) is 4. The molecule has 170 valence electrons. The second-order valence-electron chi connectivity index (χ2n) is 8.10. The number of fused-ring (bicyclic) bond motifs is 1. The third-order valence-corrected chi connectivity index (χ3v) is 5.60. The number of aromatic nitrogens is 3. The van der Waals surface area contributed by atoms with E-state index in [4.69, 9.17) is 0 Å². The number of imidazole rings is 1. The van der Waals surface area contributed by atoms with E-state index in [1.165, 1.54) is 6.07 Å². The lowest BCUT2D eigenvalue weighted by atomic mass is 9.92. The van der Waals surface area contributed by atoms with Gasteiger partial charge in [0, 0.05) is 41.4 Å². The summed E-state index contributed by atoms with van der Waals surface area (Å²) in [5, 5.41) is 8.06. The fourth-order valence-electron chi connectivity index (χ4n) is 4.04. The molecule has 3 amide bonds. The summed E-state index contributed by atoms with van der Waals surface area (Å²) in [5.41, 5.74) is 4.93. The Hall–Kier alpha value is -4.53. The molecule has 5 rings (SSSR count). The van der Waals surface area contributed by atoms with E-state index in [1.54, 1.807) is 42.7 Å². The third kappa shape index (κ3) is 3.99. The highest BCUT2D eigenvalue weighted by Crippen LogP contribution is 2.36. The molecule has 0 unspecified atom stereocenters. The summed E-state index contributed by atoms with van der Waals surface area (Å²) in [6.07, 6.45) is 3.29. The number of nitrogens with zero attached hydrogens (tertiary/aromatic N) is 2. The van der Waals surface area contributed by atoms with Gasteiger partial charge in [-0.2, -0.15) is 0 Å². The first-order chi connectivity index (χ1) is 16.4. The number of pyridine rings is 1. The molecule has 0 spiro atoms. The van der Waals surface area contributed by atoms with Crippen molar-refractivity contribution in [1.29, 1.82) is 0 Å². The number of rotatable bonds is 4. The van der Waals surface area contributed by atoms with Crippen LogP contribution in [-0.2, 0) is 6.54 Å². The van der Waals surface area contributed by atoms with Crippen LogP contribution in [0, 0.1) is 19.7 Å². The first kappa shape index (κ1) is 21.3. The molecule has 1 aliphatic rings. The van der Waals surface area contributed by atoms with Crippen molar-refractivity contribution >= 4 is 23.4 Å². The summed E-state index contributed by atoms with van der Waals surface area (Å²) < 4.78 is 15.2. The molecule has 8 nitrogen and oxygen atoms in total. The fourth-order valence-corrected chi connectivity index (χ4v) is 4.04. The van der Waals surface area contributed by atoms with Crippen LogP contribution in [0.4, 0.5) is 20.7 Å². The lowest BCUT2D eigenvalue weighted by Gasteiger charge is -2.13. The first-order valence-electron chi connectivity index (χ1n) is 10.7. The highest BCUT2D eigenvalue weighted by Gasteiger charge is 2.28. The van der Waals surface area contributed by atoms with Crippen molar-refractivity contribution in [3.05, 3.63) is 83.1 Å². The smallest absolute Gasteiger partial charge is 0.324 e. The van der Waals surface area contributed by atoms with E-state index in [0.717, 1.165) is 11.3 Å². The van der Waals surface area contributed by atoms with Gasteiger partial charge in [-0.15, -0.1) is 0 Å². The maximum absolute atomic E-state index is 15.2. The molecule has 4 aromatic rings. The molecule has 2 aromatic carbocycles. The Morgan fingerprint density at radius 2 is 1.79 bits per heavy atom. The molecule has 0 atom stereocenters. The number of aryl methyl sites for hydroxylation is 2. The molecule has 0 saturated heterocycles. The van der Waals surface area contributed by atoms with Gasteiger partial charge < -0.3 is 15.6 Å². The number of H-pyrrole nitrogens is 1. The summed E-state index contributed by atoms with van der Waals surface area (Å²) in [5.74, 6) is 0.247. The number of hydrogen-bond acceptors (Lipinski definition) is 4. The number of nitrogens with one attached hydrogen (secondary N) is 4. The van der Waals surface area contributed by atoms with Crippen LogP contribution in [0.1, 0.15) is 27.2 Å². The molecular formula is C25H21FN6O2. The standard InChI is InChI=1S/C25H21FN6O2/c1-13-7-8-27-21(9-13)32-25(34)31-15-3-4-17(20(26)10-15)16-5-6-18(23-28-11-14(2)30-23)22-19(16)12-29-24(22)33/h3-11H,12H2,1-2H3,(H,28,30)(H,29,33)(H2,27,31,32,34). The number of anilines is 2. The fraction of sp³-hybridized carbons (Fsp3) is 0.120. The Morgan fingerprint density at radius 1 is 1.00 bits per heavy atom. The molecule has 34 heavy (non-hydrogen) atoms. The second kappa shape index (κ2) is 8.43. The number of amides is 3. The predicted octanol–water partition coefficient (Wildman–Crippen LogP) is 4.78. The van der Waals surface area contributed by atoms with Crippen molar-refractivity contribution < 1.29 is 14.0 Å². The van der Waals surface area contributed by atoms with Crippen LogP contribution >= 0.6 is 0 Å². The van der Waals surface area contributed by atoms with Gasteiger partial charge in [-0.05, 0) is 66.9 Å². The highest BCUT2D eigenvalue weighted by atomic mass is 19.1. The maximum atomic E-state index is 15.2. The van der Waals surface area contributed by atoms with E-state index in [1.807, 2.05) is 19.9 Å². The highest BCUT2D eigenvalue weighted by molar-refractivity contribution is 6.06. The Balaban J connectivity index is 1.43. The summed E-state index contributed by atoms with van der Waals surface area (Å²) >= 11 is 0. The van der Waals surface area contributed by atoms with Gasteiger partial charge in [0.25, 0.3) is 5.91 Å². The van der Waals surface area contributed by atoms with Crippen LogP contribution < -0.4 is 16.0 Å². The average Bonchev–Trinajstić information content (AvgIpc) is 3.40. The van der Waals surface area contributed by atoms with Gasteiger partial charge in [0.2, 0.25) is 0 Å². The molecule has 0 radical (unpaired) electrons. The molecule has 3 heterocycles. The Labute approximate surface area is 194 Å². The molecule has 1 aliphatic heterocycles. The minimum atomic E-state index is -0.529. The third-order valence-electron chi connectivity index (χ3n) is 5.60. The first-order valence-corrected chi connectivity index (χ1v) is 10.7. The van der Waals surface area contributed by atoms with Crippen LogP contribution in [-0.4, -0.2) is 26.9 Å². The zero-order valence-corrected chi connectivity index (χ0v) is 18.5. The lowest BCUT2D eigenvalue weighted by molar-refractivity contribution is 0.0966. The number of halogens is 1. The van der Waals surface area contributed by atoms with E-state index < -0.39 is 11.8 Å². The van der Waals surface area contributed by atoms with E-state index >= 15 is 4.39 Å². The monoisotopic (exact) mass is 456 g/mol. The zero-order valence-electron chi connectivity index (χ0n) is 18.5. The Kier molecular flexibility index (Phi) is 5.29. The van der Waals surface area contributed by atoms with Crippen molar-refractivity contribution in [2.75, 3.05) is 10.6 Å². The van der Waals surface area contributed by atoms with E-state index in [0.29, 0.717) is 51.7 Å². The van der Waals surface area contributed by atoms with Crippen LogP contribution in [0.2, 0.25) is 0 Å². The largest absolute Gasteiger partial charge is 0.348 e. The maximum Gasteiger partial charge on any atom is 0.324 e. The van der Waals surface area contributed by atoms with Crippen molar-refractivity contribution in [1.82, 2.24) is 20.3 Å². The number of carbonyl (C=O) groups is 2. The van der Waals surface area contributed by atoms with Gasteiger partial charge in [0.05, 0.1) is 5.56 Å². The Bertz CT molecular complexity index is 1450. The summed E-state index contributed by atoms with van der Waals surface area (Å²) in [6.45, 7) is 4.07. The van der Waals surface area contributed by atoms with Crippen LogP contribution in [0.3, 0.4) is 0 Å². The number of aromatic amines is 1. The molecule has 0 fully saturated rings. The molecular weight excluding hydrogens is 435 g/mol. The molecule has 2 aromatic heterocycles. The number of benzene rings is 2. The van der Waals surface area contributed by atoms with Gasteiger partial charge in [-0.25, -0.2) is 19.2 Å². The van der Waals surface area contributed by atoms with Crippen molar-refractivity contribution in [3.63, 3.8) is 0 Å². The second-order valence-corrected chi connectivity index (χ2v) is 8.10. The average molecular weight is 456 g/mol. The lowest BCUT2D eigenvalue weighted by Crippen LogP contribution is -2.20. The normalized spacial score (nSPS) is 12.3. The molecule has 4 N–H and O–H groups in total. The molecule has 0 saturated carbocycles. The quantitative estimate of drug-likeness (QED) is 0.354. The summed E-state index contributed by atoms with van der Waals surface area (Å²) in [6, 6.07) is 11.0. The van der Waals surface area contributed by atoms with Crippen LogP contribution in [0.25, 0.3) is 22.5 Å². The van der Waals surface area contributed by atoms with Gasteiger partial charge in [-0.3, -0.25) is 10.1 Å². The Morgan fingerprint density at radius 3 is 2.53 bits per heavy atom. The predicted molar refractivity (Wildman–Crippen MR) is 127 cm³/mol. The van der Waals surface area contributed by atoms with Gasteiger partial charge >= 0.3 is 6.03 Å². The van der Waals surface area contributed by atoms with Gasteiger partial charge in [0.1, 0.15) is 17.5 Å². The molecule has 9 heteroatoms. The number of urea groups is 1. The van der Waals surface area contributed by atoms with Gasteiger partial charge in [0.15, 0.2) is 0 Å². The van der Waals surface area contributed by atoms with Crippen molar-refractivity contribution in [2.45, 2.75) is 20.4 Å². The topological polar surface area (TPSA) is 112 Å². The minimum Gasteiger partial charge on any atom is -0.348 e. The van der Waals surface area contributed by atoms with E-state index in [-0.39, 0.29) is 5.91 Å². The zero-order chi connectivity index (χ0) is 23.8. The van der Waals surface area contributed by atoms with E-state index in [9.17, 15) is 9.59 Å². The van der Waals surface area contributed by atoms with Crippen LogP contribution in [0.15, 0.2) is 54.9 Å². The molecule has 0 bridgehead atoms. The van der Waals surface area contributed by atoms with Gasteiger partial charge in [-0.1, -0.05) is 6.07 Å². The van der Waals surface area contributed by atoms with Crippen LogP contribution in [0.5, 0.6) is 0 Å². The van der Waals surface area contributed by atoms with E-state index in [2.05, 4.69) is 30.9 Å². The summed E-state index contributed by atoms with van der Waals surface area (Å²) in [7, 11) is 0.